The van der Waals surface area contributed by atoms with Gasteiger partial charge < -0.3 is 9.64 Å². The van der Waals surface area contributed by atoms with E-state index in [1.807, 2.05) is 6.20 Å². The van der Waals surface area contributed by atoms with Crippen molar-refractivity contribution in [2.24, 2.45) is 5.41 Å². The molecule has 130 valence electrons. The first-order chi connectivity index (χ1) is 11.7. The molecule has 0 N–H and O–H groups in total. The zero-order valence-electron chi connectivity index (χ0n) is 14.1. The lowest BCUT2D eigenvalue weighted by Crippen LogP contribution is -2.50. The van der Waals surface area contributed by atoms with Crippen molar-refractivity contribution in [3.8, 4) is 0 Å². The SMILES string of the molecule is Cc1nc(CN2CCCC3(COCCN(c4nccs4)C3)C2)cs1. The second-order valence-corrected chi connectivity index (χ2v) is 8.90. The van der Waals surface area contributed by atoms with Crippen LogP contribution in [0.2, 0.25) is 0 Å². The smallest absolute Gasteiger partial charge is 0.185 e. The Kier molecular flexibility index (Phi) is 4.85. The van der Waals surface area contributed by atoms with Crippen LogP contribution in [0.3, 0.4) is 0 Å². The Morgan fingerprint density at radius 3 is 3.04 bits per heavy atom. The maximum Gasteiger partial charge on any atom is 0.185 e. The molecule has 2 aliphatic heterocycles. The lowest BCUT2D eigenvalue weighted by atomic mass is 9.80. The van der Waals surface area contributed by atoms with Gasteiger partial charge >= 0.3 is 0 Å². The van der Waals surface area contributed by atoms with Crippen molar-refractivity contribution >= 4 is 27.8 Å². The van der Waals surface area contributed by atoms with Gasteiger partial charge in [0.15, 0.2) is 5.13 Å². The molecule has 0 aromatic carbocycles. The molecule has 0 saturated carbocycles. The minimum Gasteiger partial charge on any atom is -0.379 e. The zero-order chi connectivity index (χ0) is 16.4. The average molecular weight is 365 g/mol. The summed E-state index contributed by atoms with van der Waals surface area (Å²) in [7, 11) is 0. The molecule has 0 bridgehead atoms. The van der Waals surface area contributed by atoms with E-state index in [1.54, 1.807) is 22.7 Å². The molecule has 1 atom stereocenters. The van der Waals surface area contributed by atoms with Gasteiger partial charge in [-0.3, -0.25) is 4.90 Å². The van der Waals surface area contributed by atoms with Gasteiger partial charge in [-0.25, -0.2) is 9.97 Å². The van der Waals surface area contributed by atoms with E-state index in [-0.39, 0.29) is 5.41 Å². The van der Waals surface area contributed by atoms with Crippen LogP contribution in [0.4, 0.5) is 5.13 Å². The molecule has 7 heteroatoms. The van der Waals surface area contributed by atoms with E-state index >= 15 is 0 Å². The number of thiazole rings is 2. The molecule has 2 aromatic rings. The monoisotopic (exact) mass is 364 g/mol. The number of hydrogen-bond acceptors (Lipinski definition) is 7. The van der Waals surface area contributed by atoms with E-state index < -0.39 is 0 Å². The first kappa shape index (κ1) is 16.4. The van der Waals surface area contributed by atoms with Crippen LogP contribution in [0.25, 0.3) is 0 Å². The normalized spacial score (nSPS) is 26.0. The number of hydrogen-bond donors (Lipinski definition) is 0. The number of aromatic nitrogens is 2. The van der Waals surface area contributed by atoms with Crippen molar-refractivity contribution in [3.63, 3.8) is 0 Å². The van der Waals surface area contributed by atoms with E-state index in [4.69, 9.17) is 4.74 Å². The zero-order valence-corrected chi connectivity index (χ0v) is 15.7. The van der Waals surface area contributed by atoms with Crippen LogP contribution in [0.1, 0.15) is 23.5 Å². The Bertz CT molecular complexity index is 659. The fraction of sp³-hybridized carbons (Fsp3) is 0.647. The highest BCUT2D eigenvalue weighted by molar-refractivity contribution is 7.13. The second kappa shape index (κ2) is 7.07. The van der Waals surface area contributed by atoms with Crippen LogP contribution in [0.5, 0.6) is 0 Å². The third-order valence-electron chi connectivity index (χ3n) is 4.92. The van der Waals surface area contributed by atoms with Crippen LogP contribution in [-0.4, -0.2) is 54.3 Å². The summed E-state index contributed by atoms with van der Waals surface area (Å²) < 4.78 is 6.01. The maximum atomic E-state index is 6.01. The molecular weight excluding hydrogens is 340 g/mol. The molecule has 0 amide bonds. The number of likely N-dealkylation sites (tertiary alicyclic amines) is 1. The van der Waals surface area contributed by atoms with Crippen LogP contribution >= 0.6 is 22.7 Å². The van der Waals surface area contributed by atoms with Crippen molar-refractivity contribution in [1.82, 2.24) is 14.9 Å². The average Bonchev–Trinajstić information content (AvgIpc) is 3.19. The van der Waals surface area contributed by atoms with Gasteiger partial charge in [0.25, 0.3) is 0 Å². The minimum absolute atomic E-state index is 0.214. The Morgan fingerprint density at radius 1 is 1.29 bits per heavy atom. The molecule has 0 radical (unpaired) electrons. The first-order valence-electron chi connectivity index (χ1n) is 8.58. The van der Waals surface area contributed by atoms with E-state index in [1.165, 1.54) is 18.5 Å². The quantitative estimate of drug-likeness (QED) is 0.837. The molecule has 0 aliphatic carbocycles. The van der Waals surface area contributed by atoms with Gasteiger partial charge in [-0.05, 0) is 26.3 Å². The van der Waals surface area contributed by atoms with Crippen LogP contribution in [0, 0.1) is 12.3 Å². The summed E-state index contributed by atoms with van der Waals surface area (Å²) >= 11 is 3.47. The molecule has 4 heterocycles. The fourth-order valence-electron chi connectivity index (χ4n) is 3.93. The Morgan fingerprint density at radius 2 is 2.25 bits per heavy atom. The molecule has 2 aromatic heterocycles. The summed E-state index contributed by atoms with van der Waals surface area (Å²) in [5.74, 6) is 0. The summed E-state index contributed by atoms with van der Waals surface area (Å²) in [4.78, 5) is 14.1. The van der Waals surface area contributed by atoms with Crippen molar-refractivity contribution in [2.45, 2.75) is 26.3 Å². The van der Waals surface area contributed by atoms with Crippen LogP contribution in [0.15, 0.2) is 17.0 Å². The summed E-state index contributed by atoms with van der Waals surface area (Å²) in [6.07, 6.45) is 4.37. The molecule has 4 rings (SSSR count). The number of rotatable bonds is 3. The molecule has 2 aliphatic rings. The molecule has 24 heavy (non-hydrogen) atoms. The number of ether oxygens (including phenoxy) is 1. The highest BCUT2D eigenvalue weighted by Crippen LogP contribution is 2.35. The summed E-state index contributed by atoms with van der Waals surface area (Å²) in [5, 5.41) is 6.55. The highest BCUT2D eigenvalue weighted by Gasteiger charge is 2.39. The lowest BCUT2D eigenvalue weighted by molar-refractivity contribution is 0.0103. The van der Waals surface area contributed by atoms with Gasteiger partial charge in [-0.2, -0.15) is 0 Å². The topological polar surface area (TPSA) is 41.5 Å². The second-order valence-electron chi connectivity index (χ2n) is 6.96. The Labute approximate surface area is 151 Å². The highest BCUT2D eigenvalue weighted by atomic mass is 32.1. The van der Waals surface area contributed by atoms with Crippen LogP contribution < -0.4 is 4.90 Å². The van der Waals surface area contributed by atoms with Gasteiger partial charge in [-0.15, -0.1) is 22.7 Å². The Hall–Kier alpha value is -1.02. The Balaban J connectivity index is 1.47. The van der Waals surface area contributed by atoms with Gasteiger partial charge in [0.2, 0.25) is 0 Å². The van der Waals surface area contributed by atoms with E-state index in [0.29, 0.717) is 0 Å². The summed E-state index contributed by atoms with van der Waals surface area (Å²) in [5.41, 5.74) is 1.42. The fourth-order valence-corrected chi connectivity index (χ4v) is 5.20. The van der Waals surface area contributed by atoms with E-state index in [9.17, 15) is 0 Å². The molecule has 1 unspecified atom stereocenters. The van der Waals surface area contributed by atoms with Gasteiger partial charge in [0.05, 0.1) is 23.9 Å². The molecule has 2 fully saturated rings. The minimum atomic E-state index is 0.214. The summed E-state index contributed by atoms with van der Waals surface area (Å²) in [6.45, 7) is 8.95. The molecule has 2 saturated heterocycles. The third kappa shape index (κ3) is 3.64. The summed E-state index contributed by atoms with van der Waals surface area (Å²) in [6, 6.07) is 0. The number of aryl methyl sites for hydroxylation is 1. The van der Waals surface area contributed by atoms with Gasteiger partial charge in [0, 0.05) is 48.6 Å². The van der Waals surface area contributed by atoms with Crippen molar-refractivity contribution < 1.29 is 4.74 Å². The molecule has 5 nitrogen and oxygen atoms in total. The lowest BCUT2D eigenvalue weighted by Gasteiger charge is -2.43. The largest absolute Gasteiger partial charge is 0.379 e. The number of piperidine rings is 1. The third-order valence-corrected chi connectivity index (χ3v) is 6.58. The van der Waals surface area contributed by atoms with Crippen LogP contribution in [-0.2, 0) is 11.3 Å². The maximum absolute atomic E-state index is 6.01. The van der Waals surface area contributed by atoms with Gasteiger partial charge in [-0.1, -0.05) is 0 Å². The number of nitrogens with zero attached hydrogens (tertiary/aromatic N) is 4. The molecule has 1 spiro atoms. The van der Waals surface area contributed by atoms with E-state index in [2.05, 4.69) is 37.5 Å². The van der Waals surface area contributed by atoms with Crippen molar-refractivity contribution in [1.29, 1.82) is 0 Å². The number of anilines is 1. The predicted molar refractivity (Wildman–Crippen MR) is 98.9 cm³/mol. The van der Waals surface area contributed by atoms with Gasteiger partial charge in [0.1, 0.15) is 0 Å². The van der Waals surface area contributed by atoms with Crippen molar-refractivity contribution in [3.05, 3.63) is 27.7 Å². The molecular formula is C17H24N4OS2. The standard InChI is InChI=1S/C17H24N4OS2/c1-14-19-15(10-24-14)9-20-5-2-3-17(11-20)12-21(6-7-22-13-17)16-18-4-8-23-16/h4,8,10H,2-3,5-7,9,11-13H2,1H3. The van der Waals surface area contributed by atoms with E-state index in [0.717, 1.165) is 56.1 Å². The predicted octanol–water partition coefficient (Wildman–Crippen LogP) is 3.03. The van der Waals surface area contributed by atoms with Crippen molar-refractivity contribution in [2.75, 3.05) is 44.3 Å². The first-order valence-corrected chi connectivity index (χ1v) is 10.3.